The number of nitrogens with zero attached hydrogens (tertiary/aromatic N) is 1. The summed E-state index contributed by atoms with van der Waals surface area (Å²) in [6.07, 6.45) is 3.29. The quantitative estimate of drug-likeness (QED) is 0.531. The molecule has 1 unspecified atom stereocenters. The van der Waals surface area contributed by atoms with Crippen molar-refractivity contribution in [1.82, 2.24) is 4.90 Å². The van der Waals surface area contributed by atoms with Crippen molar-refractivity contribution < 1.29 is 9.53 Å². The number of hydrogen-bond donors (Lipinski definition) is 0. The summed E-state index contributed by atoms with van der Waals surface area (Å²) >= 11 is 0. The van der Waals surface area contributed by atoms with Crippen LogP contribution in [0.25, 0.3) is 0 Å². The molecule has 0 saturated carbocycles. The molecule has 0 aliphatic heterocycles. The van der Waals surface area contributed by atoms with Gasteiger partial charge in [0.05, 0.1) is 0 Å². The fraction of sp³-hybridized carbons (Fsp3) is 0.778. The first-order valence-corrected chi connectivity index (χ1v) is 4.25. The Labute approximate surface area is 74.7 Å². The van der Waals surface area contributed by atoms with Crippen LogP contribution >= 0.6 is 0 Å². The molecule has 0 amide bonds. The largest absolute Gasteiger partial charge is 0.371 e. The molecule has 0 N–H and O–H groups in total. The first kappa shape index (κ1) is 11.6. The number of carbonyl (C=O) groups excluding carboxylic acids is 1. The zero-order valence-electron chi connectivity index (χ0n) is 8.12. The van der Waals surface area contributed by atoms with Crippen molar-refractivity contribution in [3.8, 4) is 0 Å². The fourth-order valence-electron chi connectivity index (χ4n) is 0.852. The van der Waals surface area contributed by atoms with Crippen LogP contribution < -0.4 is 0 Å². The SMILES string of the molecule is CCOC([CH]CCN(C)C)C=O. The van der Waals surface area contributed by atoms with E-state index in [1.165, 1.54) is 0 Å². The molecule has 0 aliphatic carbocycles. The third-order valence-corrected chi connectivity index (χ3v) is 1.47. The number of carbonyl (C=O) groups is 1. The maximum Gasteiger partial charge on any atom is 0.149 e. The van der Waals surface area contributed by atoms with Gasteiger partial charge >= 0.3 is 0 Å². The lowest BCUT2D eigenvalue weighted by molar-refractivity contribution is -0.116. The van der Waals surface area contributed by atoms with Gasteiger partial charge in [-0.05, 0) is 40.4 Å². The summed E-state index contributed by atoms with van der Waals surface area (Å²) in [6, 6.07) is 0. The molecule has 0 aromatic rings. The van der Waals surface area contributed by atoms with Crippen LogP contribution in [-0.2, 0) is 9.53 Å². The van der Waals surface area contributed by atoms with Gasteiger partial charge in [-0.3, -0.25) is 0 Å². The second-order valence-corrected chi connectivity index (χ2v) is 2.88. The van der Waals surface area contributed by atoms with E-state index in [-0.39, 0.29) is 6.10 Å². The van der Waals surface area contributed by atoms with E-state index in [0.717, 1.165) is 19.3 Å². The van der Waals surface area contributed by atoms with Crippen LogP contribution in [-0.4, -0.2) is 44.5 Å². The predicted molar refractivity (Wildman–Crippen MR) is 48.9 cm³/mol. The van der Waals surface area contributed by atoms with Crippen molar-refractivity contribution in [2.45, 2.75) is 19.4 Å². The van der Waals surface area contributed by atoms with Crippen LogP contribution in [0.3, 0.4) is 0 Å². The van der Waals surface area contributed by atoms with E-state index in [4.69, 9.17) is 4.74 Å². The van der Waals surface area contributed by atoms with Gasteiger partial charge in [-0.2, -0.15) is 0 Å². The first-order valence-electron chi connectivity index (χ1n) is 4.25. The number of aldehydes is 1. The standard InChI is InChI=1S/C9H18NO2/c1-4-12-9(8-11)6-5-7-10(2)3/h6,8-9H,4-5,7H2,1-3H3. The van der Waals surface area contributed by atoms with Gasteiger partial charge in [0.25, 0.3) is 0 Å². The van der Waals surface area contributed by atoms with E-state index in [2.05, 4.69) is 4.90 Å². The first-order chi connectivity index (χ1) is 5.70. The minimum absolute atomic E-state index is 0.324. The molecule has 0 bridgehead atoms. The summed E-state index contributed by atoms with van der Waals surface area (Å²) in [4.78, 5) is 12.5. The van der Waals surface area contributed by atoms with E-state index in [1.807, 2.05) is 27.4 Å². The van der Waals surface area contributed by atoms with Crippen molar-refractivity contribution in [2.24, 2.45) is 0 Å². The van der Waals surface area contributed by atoms with E-state index in [9.17, 15) is 4.79 Å². The van der Waals surface area contributed by atoms with Crippen LogP contribution in [0.4, 0.5) is 0 Å². The molecule has 12 heavy (non-hydrogen) atoms. The lowest BCUT2D eigenvalue weighted by Crippen LogP contribution is -2.19. The highest BCUT2D eigenvalue weighted by Gasteiger charge is 2.05. The monoisotopic (exact) mass is 172 g/mol. The maximum absolute atomic E-state index is 10.4. The lowest BCUT2D eigenvalue weighted by atomic mass is 10.2. The Kier molecular flexibility index (Phi) is 7.00. The molecule has 0 aliphatic rings. The molecule has 3 nitrogen and oxygen atoms in total. The van der Waals surface area contributed by atoms with Gasteiger partial charge in [-0.25, -0.2) is 0 Å². The van der Waals surface area contributed by atoms with Crippen LogP contribution in [0.2, 0.25) is 0 Å². The van der Waals surface area contributed by atoms with Gasteiger partial charge in [0.1, 0.15) is 12.4 Å². The molecular formula is C9H18NO2. The predicted octanol–water partition coefficient (Wildman–Crippen LogP) is 0.746. The Bertz CT molecular complexity index is 115. The normalized spacial score (nSPS) is 13.3. The molecule has 0 aromatic carbocycles. The zero-order valence-corrected chi connectivity index (χ0v) is 8.12. The van der Waals surface area contributed by atoms with Gasteiger partial charge < -0.3 is 14.4 Å². The number of ether oxygens (including phenoxy) is 1. The molecule has 1 radical (unpaired) electrons. The molecule has 0 aromatic heterocycles. The van der Waals surface area contributed by atoms with Crippen LogP contribution in [0.1, 0.15) is 13.3 Å². The highest BCUT2D eigenvalue weighted by Crippen LogP contribution is 1.98. The topological polar surface area (TPSA) is 29.5 Å². The summed E-state index contributed by atoms with van der Waals surface area (Å²) in [5.41, 5.74) is 0. The summed E-state index contributed by atoms with van der Waals surface area (Å²) < 4.78 is 5.13. The summed E-state index contributed by atoms with van der Waals surface area (Å²) in [5.74, 6) is 0. The molecule has 0 saturated heterocycles. The van der Waals surface area contributed by atoms with Crippen molar-refractivity contribution >= 4 is 6.29 Å². The van der Waals surface area contributed by atoms with Crippen LogP contribution in [0, 0.1) is 6.42 Å². The molecule has 0 fully saturated rings. The number of rotatable bonds is 7. The Balaban J connectivity index is 3.37. The number of hydrogen-bond acceptors (Lipinski definition) is 3. The Hall–Kier alpha value is -0.410. The minimum atomic E-state index is -0.324. The van der Waals surface area contributed by atoms with Gasteiger partial charge in [0.2, 0.25) is 0 Å². The zero-order chi connectivity index (χ0) is 9.40. The second kappa shape index (κ2) is 7.25. The van der Waals surface area contributed by atoms with E-state index in [0.29, 0.717) is 6.61 Å². The highest BCUT2D eigenvalue weighted by atomic mass is 16.5. The molecule has 0 heterocycles. The molecule has 0 spiro atoms. The Morgan fingerprint density at radius 3 is 2.58 bits per heavy atom. The second-order valence-electron chi connectivity index (χ2n) is 2.88. The van der Waals surface area contributed by atoms with Crippen LogP contribution in [0.5, 0.6) is 0 Å². The van der Waals surface area contributed by atoms with Gasteiger partial charge in [-0.1, -0.05) is 0 Å². The molecule has 0 rings (SSSR count). The third-order valence-electron chi connectivity index (χ3n) is 1.47. The van der Waals surface area contributed by atoms with Crippen molar-refractivity contribution in [3.05, 3.63) is 6.42 Å². The maximum atomic E-state index is 10.4. The lowest BCUT2D eigenvalue weighted by Gasteiger charge is -2.12. The van der Waals surface area contributed by atoms with Crippen LogP contribution in [0.15, 0.2) is 0 Å². The summed E-state index contributed by atoms with van der Waals surface area (Å²) in [5, 5.41) is 0. The van der Waals surface area contributed by atoms with E-state index >= 15 is 0 Å². The highest BCUT2D eigenvalue weighted by molar-refractivity contribution is 5.58. The fourth-order valence-corrected chi connectivity index (χ4v) is 0.852. The van der Waals surface area contributed by atoms with Crippen molar-refractivity contribution in [1.29, 1.82) is 0 Å². The van der Waals surface area contributed by atoms with Gasteiger partial charge in [-0.15, -0.1) is 0 Å². The molecule has 1 atom stereocenters. The summed E-state index contributed by atoms with van der Waals surface area (Å²) in [6.45, 7) is 3.43. The van der Waals surface area contributed by atoms with Crippen molar-refractivity contribution in [2.75, 3.05) is 27.2 Å². The van der Waals surface area contributed by atoms with Crippen molar-refractivity contribution in [3.63, 3.8) is 0 Å². The van der Waals surface area contributed by atoms with Gasteiger partial charge in [0, 0.05) is 6.61 Å². The average molecular weight is 172 g/mol. The van der Waals surface area contributed by atoms with E-state index < -0.39 is 0 Å². The minimum Gasteiger partial charge on any atom is -0.371 e. The Morgan fingerprint density at radius 1 is 1.50 bits per heavy atom. The van der Waals surface area contributed by atoms with Gasteiger partial charge in [0.15, 0.2) is 0 Å². The smallest absolute Gasteiger partial charge is 0.149 e. The Morgan fingerprint density at radius 2 is 2.17 bits per heavy atom. The average Bonchev–Trinajstić information content (AvgIpc) is 2.02. The third kappa shape index (κ3) is 6.31. The molecular weight excluding hydrogens is 154 g/mol. The van der Waals surface area contributed by atoms with E-state index in [1.54, 1.807) is 0 Å². The molecule has 3 heteroatoms. The molecule has 71 valence electrons. The summed E-state index contributed by atoms with van der Waals surface area (Å²) in [7, 11) is 4.01.